The fraction of sp³-hybridized carbons (Fsp3) is 0.667. The van der Waals surface area contributed by atoms with Crippen LogP contribution in [0.1, 0.15) is 59.6 Å². The molecule has 1 aliphatic rings. The maximum atomic E-state index is 12.9. The Morgan fingerprint density at radius 3 is 2.32 bits per heavy atom. The van der Waals surface area contributed by atoms with Crippen LogP contribution in [0.3, 0.4) is 0 Å². The lowest BCUT2D eigenvalue weighted by atomic mass is 9.54. The second-order valence-electron chi connectivity index (χ2n) is 7.61. The molecule has 2 rings (SSSR count). The van der Waals surface area contributed by atoms with Crippen LogP contribution in [0.5, 0.6) is 11.5 Å². The van der Waals surface area contributed by atoms with Gasteiger partial charge >= 0.3 is 0 Å². The minimum Gasteiger partial charge on any atom is -0.490 e. The number of amides is 1. The van der Waals surface area contributed by atoms with Crippen LogP contribution >= 0.6 is 12.4 Å². The molecule has 160 valence electrons. The van der Waals surface area contributed by atoms with E-state index in [1.165, 1.54) is 0 Å². The van der Waals surface area contributed by atoms with Crippen molar-refractivity contribution < 1.29 is 19.0 Å². The monoisotopic (exact) mass is 414 g/mol. The Hall–Kier alpha value is -1.50. The van der Waals surface area contributed by atoms with Gasteiger partial charge in [0.25, 0.3) is 0 Å². The fourth-order valence-electron chi connectivity index (χ4n) is 3.57. The molecule has 0 radical (unpaired) electrons. The van der Waals surface area contributed by atoms with Gasteiger partial charge in [-0.05, 0) is 45.4 Å². The van der Waals surface area contributed by atoms with E-state index in [9.17, 15) is 4.79 Å². The van der Waals surface area contributed by atoms with Gasteiger partial charge < -0.3 is 25.3 Å². The van der Waals surface area contributed by atoms with Gasteiger partial charge in [0.1, 0.15) is 5.54 Å². The molecule has 0 saturated heterocycles. The van der Waals surface area contributed by atoms with Crippen LogP contribution in [-0.2, 0) is 9.53 Å². The number of rotatable bonds is 9. The minimum absolute atomic E-state index is 0. The zero-order valence-corrected chi connectivity index (χ0v) is 18.7. The number of hydrogen-bond donors (Lipinski definition) is 2. The van der Waals surface area contributed by atoms with Crippen molar-refractivity contribution in [2.75, 3.05) is 19.8 Å². The number of carbonyl (C=O) groups excluding carboxylic acids is 1. The highest BCUT2D eigenvalue weighted by Crippen LogP contribution is 2.50. The van der Waals surface area contributed by atoms with Crippen molar-refractivity contribution in [3.63, 3.8) is 0 Å². The molecule has 1 aromatic carbocycles. The lowest BCUT2D eigenvalue weighted by Gasteiger charge is -2.57. The summed E-state index contributed by atoms with van der Waals surface area (Å²) < 4.78 is 17.0. The van der Waals surface area contributed by atoms with E-state index in [0.29, 0.717) is 37.7 Å². The van der Waals surface area contributed by atoms with Crippen molar-refractivity contribution in [2.24, 2.45) is 11.1 Å². The highest BCUT2D eigenvalue weighted by atomic mass is 35.5. The number of hydrogen-bond acceptors (Lipinski definition) is 5. The van der Waals surface area contributed by atoms with Crippen LogP contribution in [0, 0.1) is 5.41 Å². The lowest BCUT2D eigenvalue weighted by Crippen LogP contribution is -2.75. The third kappa shape index (κ3) is 4.56. The summed E-state index contributed by atoms with van der Waals surface area (Å²) in [7, 11) is 0. The summed E-state index contributed by atoms with van der Waals surface area (Å²) in [6.45, 7) is 13.5. The molecule has 28 heavy (non-hydrogen) atoms. The Labute approximate surface area is 174 Å². The topological polar surface area (TPSA) is 82.8 Å². The van der Waals surface area contributed by atoms with E-state index in [2.05, 4.69) is 5.32 Å². The highest BCUT2D eigenvalue weighted by molar-refractivity contribution is 5.89. The number of carbonyl (C=O) groups is 1. The number of halogens is 1. The number of benzene rings is 1. The van der Waals surface area contributed by atoms with E-state index >= 15 is 0 Å². The van der Waals surface area contributed by atoms with Crippen LogP contribution in [0.25, 0.3) is 0 Å². The molecular formula is C21H35ClN2O4. The van der Waals surface area contributed by atoms with Gasteiger partial charge in [-0.2, -0.15) is 0 Å². The van der Waals surface area contributed by atoms with Gasteiger partial charge in [-0.1, -0.05) is 19.9 Å². The van der Waals surface area contributed by atoms with Gasteiger partial charge in [-0.15, -0.1) is 12.4 Å². The molecule has 3 atom stereocenters. The Bertz CT molecular complexity index is 668. The Balaban J connectivity index is 0.00000392. The minimum atomic E-state index is -0.935. The summed E-state index contributed by atoms with van der Waals surface area (Å²) in [5, 5.41) is 3.06. The second-order valence-corrected chi connectivity index (χ2v) is 7.61. The van der Waals surface area contributed by atoms with Crippen molar-refractivity contribution in [3.05, 3.63) is 23.8 Å². The van der Waals surface area contributed by atoms with Gasteiger partial charge in [0.2, 0.25) is 5.91 Å². The molecule has 1 amide bonds. The van der Waals surface area contributed by atoms with Gasteiger partial charge in [-0.25, -0.2) is 0 Å². The molecule has 0 heterocycles. The molecule has 1 fully saturated rings. The summed E-state index contributed by atoms with van der Waals surface area (Å²) in [6.07, 6.45) is 0.531. The van der Waals surface area contributed by atoms with Crippen LogP contribution in [-0.4, -0.2) is 37.4 Å². The van der Waals surface area contributed by atoms with Crippen LogP contribution in [0.2, 0.25) is 0 Å². The van der Waals surface area contributed by atoms with Gasteiger partial charge in [0.05, 0.1) is 25.4 Å². The number of nitrogens with one attached hydrogen (secondary N) is 1. The van der Waals surface area contributed by atoms with E-state index in [-0.39, 0.29) is 30.5 Å². The van der Waals surface area contributed by atoms with E-state index in [1.807, 2.05) is 59.7 Å². The average Bonchev–Trinajstić information content (AvgIpc) is 2.63. The first-order valence-electron chi connectivity index (χ1n) is 9.82. The van der Waals surface area contributed by atoms with Crippen LogP contribution in [0.4, 0.5) is 0 Å². The highest BCUT2D eigenvalue weighted by Gasteiger charge is 2.62. The number of nitrogens with two attached hydrogens (primary N) is 1. The molecule has 0 aliphatic heterocycles. The molecule has 3 unspecified atom stereocenters. The molecule has 0 spiro atoms. The lowest BCUT2D eigenvalue weighted by molar-refractivity contribution is -0.171. The smallest absolute Gasteiger partial charge is 0.241 e. The largest absolute Gasteiger partial charge is 0.490 e. The quantitative estimate of drug-likeness (QED) is 0.644. The number of ether oxygens (including phenoxy) is 3. The Kier molecular flexibility index (Phi) is 8.60. The SMILES string of the molecule is CCOc1ccc(C(C)NC(=O)C2(N)CC(OCC)C2(C)C)cc1OCC.Cl. The first-order chi connectivity index (χ1) is 12.7. The first-order valence-corrected chi connectivity index (χ1v) is 9.82. The molecule has 0 aromatic heterocycles. The van der Waals surface area contributed by atoms with Crippen molar-refractivity contribution in [2.45, 2.75) is 65.6 Å². The normalized spacial score (nSPS) is 23.8. The molecule has 0 bridgehead atoms. The van der Waals surface area contributed by atoms with Gasteiger partial charge in [0.15, 0.2) is 11.5 Å². The third-order valence-corrected chi connectivity index (χ3v) is 5.65. The molecule has 1 aromatic rings. The van der Waals surface area contributed by atoms with Crippen molar-refractivity contribution in [1.82, 2.24) is 5.32 Å². The summed E-state index contributed by atoms with van der Waals surface area (Å²) in [4.78, 5) is 12.9. The fourth-order valence-corrected chi connectivity index (χ4v) is 3.57. The molecule has 7 heteroatoms. The van der Waals surface area contributed by atoms with Gasteiger partial charge in [0, 0.05) is 18.4 Å². The predicted octanol–water partition coefficient (Wildman–Crippen LogP) is 3.62. The molecular weight excluding hydrogens is 380 g/mol. The van der Waals surface area contributed by atoms with E-state index < -0.39 is 11.0 Å². The molecule has 3 N–H and O–H groups in total. The summed E-state index contributed by atoms with van der Waals surface area (Å²) in [5.74, 6) is 1.24. The summed E-state index contributed by atoms with van der Waals surface area (Å²) in [6, 6.07) is 5.53. The average molecular weight is 415 g/mol. The zero-order chi connectivity index (χ0) is 20.2. The van der Waals surface area contributed by atoms with Crippen molar-refractivity contribution >= 4 is 18.3 Å². The molecule has 6 nitrogen and oxygen atoms in total. The zero-order valence-electron chi connectivity index (χ0n) is 17.8. The van der Waals surface area contributed by atoms with E-state index in [1.54, 1.807) is 0 Å². The summed E-state index contributed by atoms with van der Waals surface area (Å²) in [5.41, 5.74) is 6.07. The van der Waals surface area contributed by atoms with Crippen molar-refractivity contribution in [3.8, 4) is 11.5 Å². The van der Waals surface area contributed by atoms with E-state index in [4.69, 9.17) is 19.9 Å². The maximum absolute atomic E-state index is 12.9. The van der Waals surface area contributed by atoms with Gasteiger partial charge in [-0.3, -0.25) is 4.79 Å². The molecule has 1 saturated carbocycles. The first kappa shape index (κ1) is 24.5. The predicted molar refractivity (Wildman–Crippen MR) is 113 cm³/mol. The standard InChI is InChI=1S/C21H34N2O4.ClH/c1-7-25-16-11-10-15(12-17(16)26-8-2)14(4)23-19(24)21(22)13-18(27-9-3)20(21,5)6;/h10-12,14,18H,7-9,13,22H2,1-6H3,(H,23,24);1H. The Morgan fingerprint density at radius 2 is 1.79 bits per heavy atom. The summed E-state index contributed by atoms with van der Waals surface area (Å²) >= 11 is 0. The van der Waals surface area contributed by atoms with Crippen molar-refractivity contribution in [1.29, 1.82) is 0 Å². The van der Waals surface area contributed by atoms with E-state index in [0.717, 1.165) is 5.56 Å². The molecule has 1 aliphatic carbocycles. The van der Waals surface area contributed by atoms with Crippen LogP contribution < -0.4 is 20.5 Å². The second kappa shape index (κ2) is 9.81. The third-order valence-electron chi connectivity index (χ3n) is 5.65. The Morgan fingerprint density at radius 1 is 1.18 bits per heavy atom. The van der Waals surface area contributed by atoms with Crippen LogP contribution in [0.15, 0.2) is 18.2 Å². The maximum Gasteiger partial charge on any atom is 0.241 e.